The number of likely N-dealkylation sites (tertiary alicyclic amines) is 1. The number of halogens is 2. The summed E-state index contributed by atoms with van der Waals surface area (Å²) in [5.41, 5.74) is 0.382. The summed E-state index contributed by atoms with van der Waals surface area (Å²) in [4.78, 5) is 6.99. The second-order valence-electron chi connectivity index (χ2n) is 6.40. The molecule has 1 atom stereocenters. The van der Waals surface area contributed by atoms with Gasteiger partial charge in [0.2, 0.25) is 0 Å². The van der Waals surface area contributed by atoms with Gasteiger partial charge in [-0.15, -0.1) is 0 Å². The molecule has 4 nitrogen and oxygen atoms in total. The third-order valence-electron chi connectivity index (χ3n) is 4.27. The molecule has 0 aliphatic carbocycles. The number of piperidine rings is 1. The Labute approximate surface area is 143 Å². The number of aliphatic imine (C=N–C) groups is 1. The first kappa shape index (κ1) is 18.6. The minimum atomic E-state index is -0.409. The van der Waals surface area contributed by atoms with E-state index in [-0.39, 0.29) is 5.82 Å². The maximum Gasteiger partial charge on any atom is 0.191 e. The van der Waals surface area contributed by atoms with Gasteiger partial charge in [-0.3, -0.25) is 4.99 Å². The molecule has 1 heterocycles. The van der Waals surface area contributed by atoms with Crippen molar-refractivity contribution in [3.63, 3.8) is 0 Å². The topological polar surface area (TPSA) is 39.7 Å². The summed E-state index contributed by atoms with van der Waals surface area (Å²) >= 11 is 0. The maximum absolute atomic E-state index is 13.6. The van der Waals surface area contributed by atoms with Crippen LogP contribution in [0.4, 0.5) is 8.78 Å². The fraction of sp³-hybridized carbons (Fsp3) is 0.611. The van der Waals surface area contributed by atoms with Gasteiger partial charge in [0.25, 0.3) is 0 Å². The zero-order valence-electron chi connectivity index (χ0n) is 14.6. The molecule has 0 aromatic heterocycles. The first-order valence-corrected chi connectivity index (χ1v) is 8.73. The molecule has 0 radical (unpaired) electrons. The largest absolute Gasteiger partial charge is 0.357 e. The van der Waals surface area contributed by atoms with E-state index in [0.717, 1.165) is 38.2 Å². The van der Waals surface area contributed by atoms with Gasteiger partial charge in [-0.05, 0) is 69.5 Å². The van der Waals surface area contributed by atoms with Crippen molar-refractivity contribution in [1.29, 1.82) is 0 Å². The highest BCUT2D eigenvalue weighted by molar-refractivity contribution is 5.79. The molecular weight excluding hydrogens is 310 g/mol. The molecule has 0 saturated carbocycles. The predicted molar refractivity (Wildman–Crippen MR) is 94.3 cm³/mol. The summed E-state index contributed by atoms with van der Waals surface area (Å²) in [6.45, 7) is 6.32. The van der Waals surface area contributed by atoms with Crippen LogP contribution in [0.15, 0.2) is 23.2 Å². The SMILES string of the molecule is CCNC(=NCC1CCCN(C)C1)NCCc1cc(F)ccc1F. The zero-order chi connectivity index (χ0) is 17.4. The van der Waals surface area contributed by atoms with E-state index < -0.39 is 5.82 Å². The molecule has 2 rings (SSSR count). The van der Waals surface area contributed by atoms with E-state index in [0.29, 0.717) is 24.4 Å². The van der Waals surface area contributed by atoms with E-state index >= 15 is 0 Å². The zero-order valence-corrected chi connectivity index (χ0v) is 14.6. The lowest BCUT2D eigenvalue weighted by Crippen LogP contribution is -2.39. The first-order valence-electron chi connectivity index (χ1n) is 8.73. The first-order chi connectivity index (χ1) is 11.6. The van der Waals surface area contributed by atoms with Crippen LogP contribution in [0.25, 0.3) is 0 Å². The third kappa shape index (κ3) is 6.07. The highest BCUT2D eigenvalue weighted by Crippen LogP contribution is 2.15. The van der Waals surface area contributed by atoms with Crippen molar-refractivity contribution in [2.45, 2.75) is 26.2 Å². The van der Waals surface area contributed by atoms with Gasteiger partial charge < -0.3 is 15.5 Å². The summed E-state index contributed by atoms with van der Waals surface area (Å²) in [6.07, 6.45) is 2.85. The molecule has 2 N–H and O–H groups in total. The Morgan fingerprint density at radius 1 is 1.33 bits per heavy atom. The van der Waals surface area contributed by atoms with Crippen LogP contribution >= 0.6 is 0 Å². The van der Waals surface area contributed by atoms with Crippen LogP contribution in [0.5, 0.6) is 0 Å². The normalized spacial score (nSPS) is 19.3. The lowest BCUT2D eigenvalue weighted by atomic mass is 9.99. The molecule has 6 heteroatoms. The molecule has 0 amide bonds. The second kappa shape index (κ2) is 9.57. The molecule has 1 saturated heterocycles. The van der Waals surface area contributed by atoms with Crippen LogP contribution in [-0.2, 0) is 6.42 Å². The van der Waals surface area contributed by atoms with Crippen molar-refractivity contribution >= 4 is 5.96 Å². The predicted octanol–water partition coefficient (Wildman–Crippen LogP) is 2.40. The van der Waals surface area contributed by atoms with Crippen molar-refractivity contribution in [3.8, 4) is 0 Å². The number of hydrogen-bond donors (Lipinski definition) is 2. The Morgan fingerprint density at radius 3 is 2.92 bits per heavy atom. The Morgan fingerprint density at radius 2 is 2.17 bits per heavy atom. The summed E-state index contributed by atoms with van der Waals surface area (Å²) in [7, 11) is 2.15. The number of rotatable bonds is 6. The smallest absolute Gasteiger partial charge is 0.191 e. The molecule has 1 aliphatic heterocycles. The van der Waals surface area contributed by atoms with Gasteiger partial charge in [-0.2, -0.15) is 0 Å². The number of hydrogen-bond acceptors (Lipinski definition) is 2. The van der Waals surface area contributed by atoms with Crippen molar-refractivity contribution in [2.75, 3.05) is 39.8 Å². The average Bonchev–Trinajstić information content (AvgIpc) is 2.56. The third-order valence-corrected chi connectivity index (χ3v) is 4.27. The van der Waals surface area contributed by atoms with Gasteiger partial charge in [0.15, 0.2) is 5.96 Å². The summed E-state index contributed by atoms with van der Waals surface area (Å²) in [6, 6.07) is 3.56. The van der Waals surface area contributed by atoms with E-state index in [1.807, 2.05) is 6.92 Å². The van der Waals surface area contributed by atoms with Crippen molar-refractivity contribution < 1.29 is 8.78 Å². The highest BCUT2D eigenvalue weighted by Gasteiger charge is 2.16. The Bertz CT molecular complexity index is 548. The molecule has 24 heavy (non-hydrogen) atoms. The molecule has 0 spiro atoms. The minimum Gasteiger partial charge on any atom is -0.357 e. The lowest BCUT2D eigenvalue weighted by molar-refractivity contribution is 0.214. The summed E-state index contributed by atoms with van der Waals surface area (Å²) in [5.74, 6) is 0.543. The maximum atomic E-state index is 13.6. The van der Waals surface area contributed by atoms with Gasteiger partial charge in [0.05, 0.1) is 0 Å². The minimum absolute atomic E-state index is 0.370. The highest BCUT2D eigenvalue weighted by atomic mass is 19.1. The van der Waals surface area contributed by atoms with Crippen LogP contribution < -0.4 is 10.6 Å². The molecule has 1 fully saturated rings. The van der Waals surface area contributed by atoms with Gasteiger partial charge >= 0.3 is 0 Å². The average molecular weight is 338 g/mol. The quantitative estimate of drug-likeness (QED) is 0.618. The van der Waals surface area contributed by atoms with Crippen LogP contribution in [0.2, 0.25) is 0 Å². The van der Waals surface area contributed by atoms with Crippen molar-refractivity contribution in [1.82, 2.24) is 15.5 Å². The van der Waals surface area contributed by atoms with E-state index in [2.05, 4.69) is 27.6 Å². The molecule has 1 aromatic carbocycles. The molecule has 1 aliphatic rings. The van der Waals surface area contributed by atoms with Crippen molar-refractivity contribution in [3.05, 3.63) is 35.4 Å². The fourth-order valence-corrected chi connectivity index (χ4v) is 3.03. The van der Waals surface area contributed by atoms with E-state index in [4.69, 9.17) is 0 Å². The van der Waals surface area contributed by atoms with Gasteiger partial charge in [-0.1, -0.05) is 0 Å². The Kier molecular flexibility index (Phi) is 7.43. The molecular formula is C18H28F2N4. The second-order valence-corrected chi connectivity index (χ2v) is 6.40. The molecule has 0 bridgehead atoms. The van der Waals surface area contributed by atoms with Crippen LogP contribution in [0.1, 0.15) is 25.3 Å². The fourth-order valence-electron chi connectivity index (χ4n) is 3.03. The summed E-state index contributed by atoms with van der Waals surface area (Å²) < 4.78 is 26.8. The van der Waals surface area contributed by atoms with Crippen LogP contribution in [-0.4, -0.2) is 50.6 Å². The Hall–Kier alpha value is -1.69. The van der Waals surface area contributed by atoms with Gasteiger partial charge in [-0.25, -0.2) is 8.78 Å². The number of benzene rings is 1. The number of nitrogens with zero attached hydrogens (tertiary/aromatic N) is 2. The van der Waals surface area contributed by atoms with Crippen LogP contribution in [0, 0.1) is 17.6 Å². The van der Waals surface area contributed by atoms with Gasteiger partial charge in [0, 0.05) is 26.2 Å². The number of guanidine groups is 1. The molecule has 1 unspecified atom stereocenters. The van der Waals surface area contributed by atoms with E-state index in [1.165, 1.54) is 25.0 Å². The molecule has 134 valence electrons. The standard InChI is InChI=1S/C18H28F2N4/c1-3-21-18(23-12-14-5-4-10-24(2)13-14)22-9-8-15-11-16(19)6-7-17(15)20/h6-7,11,14H,3-5,8-10,12-13H2,1-2H3,(H2,21,22,23). The summed E-state index contributed by atoms with van der Waals surface area (Å²) in [5, 5.41) is 6.41. The van der Waals surface area contributed by atoms with Crippen LogP contribution in [0.3, 0.4) is 0 Å². The van der Waals surface area contributed by atoms with Gasteiger partial charge in [0.1, 0.15) is 11.6 Å². The Balaban J connectivity index is 1.83. The lowest BCUT2D eigenvalue weighted by Gasteiger charge is -2.28. The van der Waals surface area contributed by atoms with E-state index in [1.54, 1.807) is 0 Å². The monoisotopic (exact) mass is 338 g/mol. The van der Waals surface area contributed by atoms with Crippen molar-refractivity contribution in [2.24, 2.45) is 10.9 Å². The number of nitrogens with one attached hydrogen (secondary N) is 2. The molecule has 1 aromatic rings. The van der Waals surface area contributed by atoms with E-state index in [9.17, 15) is 8.78 Å².